The van der Waals surface area contributed by atoms with Crippen LogP contribution in [0.5, 0.6) is 0 Å². The molecule has 0 saturated carbocycles. The van der Waals surface area contributed by atoms with E-state index in [2.05, 4.69) is 0 Å². The zero-order chi connectivity index (χ0) is 25.4. The van der Waals surface area contributed by atoms with Crippen molar-refractivity contribution in [3.8, 4) is 0 Å². The molecule has 10 heteroatoms. The van der Waals surface area contributed by atoms with Crippen LogP contribution >= 0.6 is 0 Å². The van der Waals surface area contributed by atoms with Crippen molar-refractivity contribution < 1.29 is 38.1 Å². The Hall–Kier alpha value is -2.52. The zero-order valence-corrected chi connectivity index (χ0v) is 21.3. The number of amides is 2. The van der Waals surface area contributed by atoms with Crippen molar-refractivity contribution >= 4 is 24.1 Å². The summed E-state index contributed by atoms with van der Waals surface area (Å²) < 4.78 is 21.6. The number of hydrogen-bond acceptors (Lipinski definition) is 8. The monoisotopic (exact) mass is 472 g/mol. The van der Waals surface area contributed by atoms with Crippen molar-refractivity contribution in [2.45, 2.75) is 104 Å². The maximum atomic E-state index is 13.5. The van der Waals surface area contributed by atoms with Crippen LogP contribution in [-0.2, 0) is 28.5 Å². The number of carbonyl (C=O) groups excluding carboxylic acids is 4. The van der Waals surface area contributed by atoms with Crippen LogP contribution in [0, 0.1) is 0 Å². The summed E-state index contributed by atoms with van der Waals surface area (Å²) in [7, 11) is 0. The van der Waals surface area contributed by atoms with Crippen LogP contribution < -0.4 is 0 Å². The minimum Gasteiger partial charge on any atom is -0.464 e. The molecule has 1 aliphatic heterocycles. The van der Waals surface area contributed by atoms with Gasteiger partial charge in [0.1, 0.15) is 11.2 Å². The van der Waals surface area contributed by atoms with E-state index in [4.69, 9.17) is 18.9 Å². The van der Waals surface area contributed by atoms with Crippen LogP contribution in [0.1, 0.15) is 87.5 Å². The third-order valence-electron chi connectivity index (χ3n) is 4.66. The van der Waals surface area contributed by atoms with Crippen LogP contribution in [0.15, 0.2) is 0 Å². The van der Waals surface area contributed by atoms with Gasteiger partial charge in [-0.3, -0.25) is 0 Å². The minimum absolute atomic E-state index is 0.0332. The van der Waals surface area contributed by atoms with Crippen molar-refractivity contribution in [1.29, 1.82) is 0 Å². The number of ether oxygens (including phenoxy) is 4. The fourth-order valence-electron chi connectivity index (χ4n) is 3.42. The largest absolute Gasteiger partial charge is 0.464 e. The van der Waals surface area contributed by atoms with Crippen LogP contribution in [0.4, 0.5) is 9.59 Å². The number of carbonyl (C=O) groups is 4. The van der Waals surface area contributed by atoms with E-state index < -0.39 is 40.9 Å². The lowest BCUT2D eigenvalue weighted by atomic mass is 9.91. The van der Waals surface area contributed by atoms with Crippen molar-refractivity contribution in [3.63, 3.8) is 0 Å². The number of esters is 2. The molecule has 0 aromatic carbocycles. The van der Waals surface area contributed by atoms with Gasteiger partial charge < -0.3 is 18.9 Å². The first kappa shape index (κ1) is 28.5. The summed E-state index contributed by atoms with van der Waals surface area (Å²) in [6.07, 6.45) is 0.348. The topological polar surface area (TPSA) is 112 Å². The highest BCUT2D eigenvalue weighted by molar-refractivity contribution is 6.07. The van der Waals surface area contributed by atoms with Gasteiger partial charge in [0.25, 0.3) is 5.54 Å². The number of hydrazine groups is 1. The van der Waals surface area contributed by atoms with Gasteiger partial charge >= 0.3 is 24.1 Å². The average molecular weight is 473 g/mol. The van der Waals surface area contributed by atoms with E-state index in [0.717, 1.165) is 16.4 Å². The maximum Gasteiger partial charge on any atom is 0.431 e. The van der Waals surface area contributed by atoms with E-state index in [0.29, 0.717) is 19.3 Å². The molecule has 190 valence electrons. The Morgan fingerprint density at radius 2 is 1.18 bits per heavy atom. The zero-order valence-electron chi connectivity index (χ0n) is 21.3. The third kappa shape index (κ3) is 7.78. The van der Waals surface area contributed by atoms with Gasteiger partial charge in [0, 0.05) is 6.54 Å². The Balaban J connectivity index is 3.81. The summed E-state index contributed by atoms with van der Waals surface area (Å²) in [6, 6.07) is 0. The first-order chi connectivity index (χ1) is 15.2. The number of nitrogens with zero attached hydrogens (tertiary/aromatic N) is 2. The fraction of sp³-hybridized carbons (Fsp3) is 0.826. The molecule has 0 spiro atoms. The molecule has 0 atom stereocenters. The SMILES string of the molecule is CCOC(=O)C1(C(=O)OCC)CCCCCCN(C(=O)OC(C)(C)C)N1C(=O)OC(C)(C)C. The molecule has 10 nitrogen and oxygen atoms in total. The maximum absolute atomic E-state index is 13.5. The molecule has 0 aromatic rings. The van der Waals surface area contributed by atoms with Gasteiger partial charge in [-0.2, -0.15) is 5.01 Å². The van der Waals surface area contributed by atoms with Crippen molar-refractivity contribution in [1.82, 2.24) is 10.0 Å². The van der Waals surface area contributed by atoms with E-state index in [9.17, 15) is 19.2 Å². The molecule has 33 heavy (non-hydrogen) atoms. The Kier molecular flexibility index (Phi) is 9.99. The molecule has 0 radical (unpaired) electrons. The second-order valence-electron chi connectivity index (χ2n) is 9.86. The van der Waals surface area contributed by atoms with Crippen LogP contribution in [-0.4, -0.2) is 70.6 Å². The highest BCUT2D eigenvalue weighted by Crippen LogP contribution is 2.33. The van der Waals surface area contributed by atoms with Crippen LogP contribution in [0.25, 0.3) is 0 Å². The summed E-state index contributed by atoms with van der Waals surface area (Å²) in [5, 5.41) is 1.76. The quantitative estimate of drug-likeness (QED) is 0.340. The molecular formula is C23H40N2O8. The molecule has 2 amide bonds. The smallest absolute Gasteiger partial charge is 0.431 e. The van der Waals surface area contributed by atoms with Crippen molar-refractivity contribution in [2.24, 2.45) is 0 Å². The second kappa shape index (κ2) is 11.6. The molecule has 1 saturated heterocycles. The van der Waals surface area contributed by atoms with Gasteiger partial charge in [-0.05, 0) is 74.7 Å². The molecule has 1 heterocycles. The molecule has 1 fully saturated rings. The molecule has 1 aliphatic rings. The summed E-state index contributed by atoms with van der Waals surface area (Å²) >= 11 is 0. The van der Waals surface area contributed by atoms with Crippen LogP contribution in [0.2, 0.25) is 0 Å². The first-order valence-electron chi connectivity index (χ1n) is 11.6. The Morgan fingerprint density at radius 1 is 0.727 bits per heavy atom. The molecule has 0 bridgehead atoms. The molecule has 1 rings (SSSR count). The normalized spacial score (nSPS) is 17.2. The van der Waals surface area contributed by atoms with Crippen molar-refractivity contribution in [3.05, 3.63) is 0 Å². The van der Waals surface area contributed by atoms with E-state index in [1.807, 2.05) is 0 Å². The summed E-state index contributed by atoms with van der Waals surface area (Å²) in [5.74, 6) is -1.96. The van der Waals surface area contributed by atoms with Gasteiger partial charge in [-0.25, -0.2) is 24.2 Å². The van der Waals surface area contributed by atoms with Gasteiger partial charge in [-0.1, -0.05) is 12.8 Å². The number of rotatable bonds is 4. The molecule has 0 aliphatic carbocycles. The molecule has 0 N–H and O–H groups in total. The Bertz CT molecular complexity index is 690. The third-order valence-corrected chi connectivity index (χ3v) is 4.66. The van der Waals surface area contributed by atoms with Gasteiger partial charge in [-0.15, -0.1) is 0 Å². The van der Waals surface area contributed by atoms with Gasteiger partial charge in [0.05, 0.1) is 13.2 Å². The Labute approximate surface area is 196 Å². The van der Waals surface area contributed by atoms with Gasteiger partial charge in [0.15, 0.2) is 0 Å². The summed E-state index contributed by atoms with van der Waals surface area (Å²) in [6.45, 7) is 13.2. The van der Waals surface area contributed by atoms with Gasteiger partial charge in [0.2, 0.25) is 0 Å². The highest BCUT2D eigenvalue weighted by Gasteiger charge is 2.60. The van der Waals surface area contributed by atoms with Crippen molar-refractivity contribution in [2.75, 3.05) is 19.8 Å². The van der Waals surface area contributed by atoms with E-state index in [1.54, 1.807) is 55.4 Å². The summed E-state index contributed by atoms with van der Waals surface area (Å²) in [5.41, 5.74) is -4.09. The number of hydrogen-bond donors (Lipinski definition) is 0. The minimum atomic E-state index is -2.24. The van der Waals surface area contributed by atoms with E-state index in [1.165, 1.54) is 0 Å². The van der Waals surface area contributed by atoms with Crippen LogP contribution in [0.3, 0.4) is 0 Å². The standard InChI is InChI=1S/C23H40N2O8/c1-9-30-17(26)23(18(27)31-10-2)15-13-11-12-14-16-24(19(28)32-21(3,4)5)25(23)20(29)33-22(6,7)8/h9-16H2,1-8H3. The second-order valence-corrected chi connectivity index (χ2v) is 9.86. The predicted molar refractivity (Wildman–Crippen MR) is 120 cm³/mol. The molecule has 0 unspecified atom stereocenters. The molecule has 0 aromatic heterocycles. The lowest BCUT2D eigenvalue weighted by molar-refractivity contribution is -0.189. The lowest BCUT2D eigenvalue weighted by Crippen LogP contribution is -2.70. The van der Waals surface area contributed by atoms with E-state index >= 15 is 0 Å². The highest BCUT2D eigenvalue weighted by atomic mass is 16.6. The fourth-order valence-corrected chi connectivity index (χ4v) is 3.42. The first-order valence-corrected chi connectivity index (χ1v) is 11.6. The summed E-state index contributed by atoms with van der Waals surface area (Å²) in [4.78, 5) is 53.6. The average Bonchev–Trinajstić information content (AvgIpc) is 2.74. The Morgan fingerprint density at radius 3 is 1.64 bits per heavy atom. The lowest BCUT2D eigenvalue weighted by Gasteiger charge is -2.44. The predicted octanol–water partition coefficient (Wildman–Crippen LogP) is 4.20. The van der Waals surface area contributed by atoms with E-state index in [-0.39, 0.29) is 26.2 Å². The molecular weight excluding hydrogens is 432 g/mol.